The van der Waals surface area contributed by atoms with Crippen molar-refractivity contribution < 1.29 is 37.8 Å². The van der Waals surface area contributed by atoms with Crippen LogP contribution < -0.4 is 19.8 Å². The number of carbonyl (C=O) groups is 4. The Labute approximate surface area is 441 Å². The van der Waals surface area contributed by atoms with Crippen molar-refractivity contribution in [3.63, 3.8) is 0 Å². The van der Waals surface area contributed by atoms with Crippen LogP contribution in [0.3, 0.4) is 0 Å². The fraction of sp³-hybridized carbons (Fsp3) is 0.270. The van der Waals surface area contributed by atoms with Crippen LogP contribution in [0, 0.1) is 22.7 Å². The first kappa shape index (κ1) is 55.9. The van der Waals surface area contributed by atoms with Gasteiger partial charge >= 0.3 is 11.9 Å². The van der Waals surface area contributed by atoms with Gasteiger partial charge in [-0.2, -0.15) is 0 Å². The number of hydrogen-bond donors (Lipinski definition) is 4. The molecule has 0 spiro atoms. The molecule has 2 aromatic heterocycles. The number of rotatable bonds is 20. The van der Waals surface area contributed by atoms with Gasteiger partial charge in [-0.3, -0.25) is 19.2 Å². The van der Waals surface area contributed by atoms with E-state index in [4.69, 9.17) is 20.3 Å². The molecule has 0 fully saturated rings. The van der Waals surface area contributed by atoms with Crippen LogP contribution in [0.4, 0.5) is 0 Å². The molecule has 0 aliphatic rings. The third kappa shape index (κ3) is 16.6. The third-order valence-corrected chi connectivity index (χ3v) is 13.0. The third-order valence-electron chi connectivity index (χ3n) is 13.0. The molecule has 386 valence electrons. The molecule has 4 N–H and O–H groups in total. The summed E-state index contributed by atoms with van der Waals surface area (Å²) in [5.74, 6) is -2.36. The number of pyridine rings is 2. The molecule has 7 rings (SSSR count). The molecule has 0 saturated heterocycles. The van der Waals surface area contributed by atoms with Gasteiger partial charge in [0, 0.05) is 58.4 Å². The van der Waals surface area contributed by atoms with E-state index in [-0.39, 0.29) is 29.9 Å². The smallest absolute Gasteiger partial charge is 0.311 e. The first-order valence-corrected chi connectivity index (χ1v) is 25.3. The predicted molar refractivity (Wildman–Crippen MR) is 295 cm³/mol. The lowest BCUT2D eigenvalue weighted by Gasteiger charge is -2.27. The lowest BCUT2D eigenvalue weighted by atomic mass is 9.87. The van der Waals surface area contributed by atoms with Gasteiger partial charge in [-0.1, -0.05) is 91.0 Å². The van der Waals surface area contributed by atoms with Gasteiger partial charge in [0.15, 0.2) is 24.8 Å². The summed E-state index contributed by atoms with van der Waals surface area (Å²) >= 11 is 0. The molecule has 0 aliphatic carbocycles. The monoisotopic (exact) mass is 1010 g/mol. The van der Waals surface area contributed by atoms with Crippen molar-refractivity contribution in [1.29, 1.82) is 10.8 Å². The Morgan fingerprint density at radius 1 is 0.520 bits per heavy atom. The number of ether oxygens (including phenoxy) is 2. The van der Waals surface area contributed by atoms with E-state index < -0.39 is 23.9 Å². The first-order chi connectivity index (χ1) is 36.0. The second kappa shape index (κ2) is 27.1. The van der Waals surface area contributed by atoms with Gasteiger partial charge in [0.05, 0.1) is 25.0 Å². The maximum absolute atomic E-state index is 13.5. The van der Waals surface area contributed by atoms with Crippen LogP contribution >= 0.6 is 0 Å². The summed E-state index contributed by atoms with van der Waals surface area (Å²) < 4.78 is 14.7. The van der Waals surface area contributed by atoms with Crippen LogP contribution in [0.15, 0.2) is 176 Å². The highest BCUT2D eigenvalue weighted by atomic mass is 16.5. The van der Waals surface area contributed by atoms with Gasteiger partial charge in [0.25, 0.3) is 11.8 Å². The van der Waals surface area contributed by atoms with E-state index in [1.54, 1.807) is 26.0 Å². The first-order valence-electron chi connectivity index (χ1n) is 25.3. The Bertz CT molecular complexity index is 3060. The maximum atomic E-state index is 13.5. The Morgan fingerprint density at radius 3 is 1.55 bits per heavy atom. The topological polar surface area (TPSA) is 166 Å². The normalized spacial score (nSPS) is 12.4. The van der Waals surface area contributed by atoms with Gasteiger partial charge in [-0.15, -0.1) is 0 Å². The Kier molecular flexibility index (Phi) is 20.2. The van der Waals surface area contributed by atoms with Gasteiger partial charge in [-0.25, -0.2) is 9.13 Å². The van der Waals surface area contributed by atoms with E-state index in [0.717, 1.165) is 50.1 Å². The van der Waals surface area contributed by atoms with Crippen LogP contribution in [-0.2, 0) is 52.4 Å². The minimum absolute atomic E-state index is 0.235. The molecule has 75 heavy (non-hydrogen) atoms. The molecular weight excluding hydrogens is 937 g/mol. The number of methoxy groups -OCH3 is 1. The summed E-state index contributed by atoms with van der Waals surface area (Å²) in [6.07, 6.45) is 9.76. The number of benzene rings is 5. The zero-order valence-corrected chi connectivity index (χ0v) is 44.3. The summed E-state index contributed by atoms with van der Waals surface area (Å²) in [4.78, 5) is 52.5. The fourth-order valence-electron chi connectivity index (χ4n) is 8.76. The van der Waals surface area contributed by atoms with Crippen molar-refractivity contribution in [2.45, 2.75) is 78.5 Å². The van der Waals surface area contributed by atoms with Crippen molar-refractivity contribution in [1.82, 2.24) is 10.6 Å². The van der Waals surface area contributed by atoms with Crippen LogP contribution in [0.1, 0.15) is 89.6 Å². The number of aromatic nitrogens is 2. The summed E-state index contributed by atoms with van der Waals surface area (Å²) in [7, 11) is 5.32. The Balaban J connectivity index is 0.000000246. The van der Waals surface area contributed by atoms with Crippen LogP contribution in [0.25, 0.3) is 22.3 Å². The lowest BCUT2D eigenvalue weighted by Crippen LogP contribution is -2.45. The molecule has 5 aromatic carbocycles. The lowest BCUT2D eigenvalue weighted by molar-refractivity contribution is -0.671. The van der Waals surface area contributed by atoms with Crippen molar-refractivity contribution in [2.75, 3.05) is 7.11 Å². The minimum Gasteiger partial charge on any atom is -0.469 e. The molecular formula is C63H70N6O6+2. The number of carbonyl (C=O) groups excluding carboxylic acids is 4. The average molecular weight is 1010 g/mol. The van der Waals surface area contributed by atoms with Gasteiger partial charge in [0.1, 0.15) is 14.1 Å². The molecule has 0 aliphatic heterocycles. The zero-order valence-electron chi connectivity index (χ0n) is 44.3. The van der Waals surface area contributed by atoms with E-state index in [9.17, 15) is 19.2 Å². The summed E-state index contributed by atoms with van der Waals surface area (Å²) in [5, 5.41) is 22.0. The van der Waals surface area contributed by atoms with E-state index in [0.29, 0.717) is 48.2 Å². The maximum Gasteiger partial charge on any atom is 0.311 e. The highest BCUT2D eigenvalue weighted by molar-refractivity contribution is 5.97. The SMILES string of the molecule is CC(=N)c1cccc(C[C@@H](C(=O)OC(C)C)[C@@H](C)NC(=O)c2ccc(-c3cc[n+](C)cc3)cc2)c1.COC(=O)[C@H](Cc1cccc(C(C)=N)c1)C(CCc1ccccc1)NC(=O)c1ccc(-c2ccc[n+](C)c2)cc1. The van der Waals surface area contributed by atoms with Gasteiger partial charge in [0.2, 0.25) is 0 Å². The quantitative estimate of drug-likeness (QED) is 0.0337. The molecule has 0 radical (unpaired) electrons. The predicted octanol–water partition coefficient (Wildman–Crippen LogP) is 9.82. The van der Waals surface area contributed by atoms with Gasteiger partial charge < -0.3 is 30.9 Å². The molecule has 12 nitrogen and oxygen atoms in total. The standard InChI is InChI=1S/C34H35N3O3.C29H33N3O3/c1-24(35)29-12-7-11-26(21-29)22-31(34(39)40-3)32(19-14-25-9-5-4-6-10-25)36-33(38)28-17-15-27(16-18-28)30-13-8-20-37(2)23-30;1-19(2)35-29(34)27(18-22-7-6-8-26(17-22)20(3)30)21(4)31-28(33)25-11-9-23(10-12-25)24-13-15-32(5)16-14-24/h4-13,15-18,20-21,23,31-32,35H,14,19,22H2,1-3H3;6-17,19,21,27,30H,18H2,1-5H3/p+2/t31-,32?;21-,27-/m11/s1. The second-order valence-electron chi connectivity index (χ2n) is 19.3. The molecule has 0 saturated carbocycles. The number of nitrogens with one attached hydrogen (secondary N) is 4. The number of aryl methyl sites for hydroxylation is 3. The summed E-state index contributed by atoms with van der Waals surface area (Å²) in [5.41, 5.74) is 10.7. The average Bonchev–Trinajstić information content (AvgIpc) is 3.41. The van der Waals surface area contributed by atoms with E-state index in [1.165, 1.54) is 7.11 Å². The van der Waals surface area contributed by atoms with Crippen LogP contribution in [0.2, 0.25) is 0 Å². The van der Waals surface area contributed by atoms with E-state index >= 15 is 0 Å². The Morgan fingerprint density at radius 2 is 1.03 bits per heavy atom. The summed E-state index contributed by atoms with van der Waals surface area (Å²) in [6.45, 7) is 8.92. The van der Waals surface area contributed by atoms with Crippen molar-refractivity contribution in [2.24, 2.45) is 25.9 Å². The fourth-order valence-corrected chi connectivity index (χ4v) is 8.76. The molecule has 2 amide bonds. The molecule has 2 heterocycles. The number of amides is 2. The molecule has 12 heteroatoms. The van der Waals surface area contributed by atoms with Crippen molar-refractivity contribution in [3.8, 4) is 22.3 Å². The molecule has 4 atom stereocenters. The Hall–Kier alpha value is -8.38. The zero-order chi connectivity index (χ0) is 54.0. The second-order valence-corrected chi connectivity index (χ2v) is 19.3. The molecule has 7 aromatic rings. The van der Waals surface area contributed by atoms with Crippen molar-refractivity contribution >= 4 is 35.2 Å². The number of esters is 2. The van der Waals surface area contributed by atoms with Crippen LogP contribution in [-0.4, -0.2) is 60.5 Å². The number of hydrogen-bond acceptors (Lipinski definition) is 8. The van der Waals surface area contributed by atoms with E-state index in [2.05, 4.69) is 10.6 Å². The van der Waals surface area contributed by atoms with Crippen molar-refractivity contribution in [3.05, 3.63) is 215 Å². The van der Waals surface area contributed by atoms with E-state index in [1.807, 2.05) is 208 Å². The van der Waals surface area contributed by atoms with Crippen LogP contribution in [0.5, 0.6) is 0 Å². The highest BCUT2D eigenvalue weighted by Gasteiger charge is 2.32. The minimum atomic E-state index is -0.595. The highest BCUT2D eigenvalue weighted by Crippen LogP contribution is 2.24. The molecule has 1 unspecified atom stereocenters. The van der Waals surface area contributed by atoms with Gasteiger partial charge in [-0.05, 0) is 147 Å². The number of nitrogens with zero attached hydrogens (tertiary/aromatic N) is 2. The molecule has 0 bridgehead atoms. The summed E-state index contributed by atoms with van der Waals surface area (Å²) in [6, 6.07) is 47.4. The largest absolute Gasteiger partial charge is 0.469 e.